The fourth-order valence-corrected chi connectivity index (χ4v) is 4.76. The second-order valence-corrected chi connectivity index (χ2v) is 6.29. The van der Waals surface area contributed by atoms with E-state index < -0.39 is 0 Å². The van der Waals surface area contributed by atoms with E-state index in [9.17, 15) is 10.1 Å². The largest absolute Gasteiger partial charge is 0.264 e. The van der Waals surface area contributed by atoms with E-state index in [1.165, 1.54) is 19.3 Å². The smallest absolute Gasteiger partial charge is 0.218 e. The predicted octanol–water partition coefficient (Wildman–Crippen LogP) is 3.24. The molecule has 0 saturated heterocycles. The zero-order valence-electron chi connectivity index (χ0n) is 9.06. The van der Waals surface area contributed by atoms with Gasteiger partial charge in [-0.15, -0.1) is 0 Å². The van der Waals surface area contributed by atoms with E-state index >= 15 is 0 Å². The summed E-state index contributed by atoms with van der Waals surface area (Å²) in [6.45, 7) is 2.03. The van der Waals surface area contributed by atoms with E-state index in [1.54, 1.807) is 0 Å². The van der Waals surface area contributed by atoms with Crippen molar-refractivity contribution in [3.05, 3.63) is 10.1 Å². The first-order valence-corrected chi connectivity index (χ1v) is 6.80. The molecule has 2 fully saturated rings. The third-order valence-electron chi connectivity index (χ3n) is 4.20. The van der Waals surface area contributed by atoms with Crippen LogP contribution >= 0.6 is 15.9 Å². The summed E-state index contributed by atoms with van der Waals surface area (Å²) in [7, 11) is 0. The molecule has 15 heavy (non-hydrogen) atoms. The van der Waals surface area contributed by atoms with Gasteiger partial charge in [0.1, 0.15) is 0 Å². The molecule has 0 N–H and O–H groups in total. The third-order valence-corrected chi connectivity index (χ3v) is 5.25. The van der Waals surface area contributed by atoms with E-state index in [0.717, 1.165) is 12.8 Å². The summed E-state index contributed by atoms with van der Waals surface area (Å²) in [6.07, 6.45) is 5.63. The first kappa shape index (κ1) is 11.4. The van der Waals surface area contributed by atoms with Gasteiger partial charge in [-0.3, -0.25) is 10.1 Å². The lowest BCUT2D eigenvalue weighted by atomic mass is 9.65. The summed E-state index contributed by atoms with van der Waals surface area (Å²) < 4.78 is 0. The van der Waals surface area contributed by atoms with Gasteiger partial charge in [-0.05, 0) is 25.2 Å². The van der Waals surface area contributed by atoms with Gasteiger partial charge in [0, 0.05) is 21.6 Å². The van der Waals surface area contributed by atoms with Crippen LogP contribution < -0.4 is 0 Å². The third kappa shape index (κ3) is 2.05. The minimum Gasteiger partial charge on any atom is -0.264 e. The summed E-state index contributed by atoms with van der Waals surface area (Å²) in [6, 6.07) is -0.288. The Morgan fingerprint density at radius 1 is 1.27 bits per heavy atom. The minimum atomic E-state index is -0.288. The molecule has 0 spiro atoms. The van der Waals surface area contributed by atoms with Crippen molar-refractivity contribution in [2.45, 2.75) is 49.9 Å². The Balaban J connectivity index is 2.19. The van der Waals surface area contributed by atoms with Gasteiger partial charge in [0.05, 0.1) is 0 Å². The van der Waals surface area contributed by atoms with Crippen LogP contribution in [0.1, 0.15) is 39.0 Å². The molecule has 5 atom stereocenters. The van der Waals surface area contributed by atoms with E-state index in [2.05, 4.69) is 15.9 Å². The van der Waals surface area contributed by atoms with Crippen LogP contribution in [0, 0.1) is 27.9 Å². The number of hydrogen-bond acceptors (Lipinski definition) is 2. The first-order valence-electron chi connectivity index (χ1n) is 5.89. The van der Waals surface area contributed by atoms with Crippen molar-refractivity contribution in [3.63, 3.8) is 0 Å². The highest BCUT2D eigenvalue weighted by Crippen LogP contribution is 2.46. The highest BCUT2D eigenvalue weighted by molar-refractivity contribution is 9.09. The predicted molar refractivity (Wildman–Crippen MR) is 62.7 cm³/mol. The highest BCUT2D eigenvalue weighted by atomic mass is 79.9. The van der Waals surface area contributed by atoms with Crippen LogP contribution in [0.25, 0.3) is 0 Å². The molecular weight excluding hydrogens is 258 g/mol. The molecule has 0 aromatic carbocycles. The maximum Gasteiger partial charge on any atom is 0.218 e. The van der Waals surface area contributed by atoms with Crippen LogP contribution in [0.3, 0.4) is 0 Å². The number of halogens is 1. The van der Waals surface area contributed by atoms with Gasteiger partial charge in [-0.2, -0.15) is 0 Å². The summed E-state index contributed by atoms with van der Waals surface area (Å²) in [4.78, 5) is 11.6. The number of alkyl halides is 1. The molecule has 86 valence electrons. The molecule has 2 rings (SSSR count). The fraction of sp³-hybridized carbons (Fsp3) is 1.00. The zero-order valence-corrected chi connectivity index (χ0v) is 10.6. The lowest BCUT2D eigenvalue weighted by Crippen LogP contribution is -2.48. The topological polar surface area (TPSA) is 43.1 Å². The van der Waals surface area contributed by atoms with Crippen molar-refractivity contribution in [3.8, 4) is 0 Å². The van der Waals surface area contributed by atoms with Crippen LogP contribution in [-0.4, -0.2) is 15.8 Å². The molecule has 2 aliphatic carbocycles. The number of nitro groups is 1. The van der Waals surface area contributed by atoms with Gasteiger partial charge in [0.15, 0.2) is 0 Å². The van der Waals surface area contributed by atoms with Crippen LogP contribution in [0.5, 0.6) is 0 Å². The van der Waals surface area contributed by atoms with Crippen LogP contribution in [-0.2, 0) is 0 Å². The average molecular weight is 276 g/mol. The Morgan fingerprint density at radius 2 is 1.87 bits per heavy atom. The van der Waals surface area contributed by atoms with Gasteiger partial charge in [-0.1, -0.05) is 35.7 Å². The average Bonchev–Trinajstić information content (AvgIpc) is 2.17. The van der Waals surface area contributed by atoms with E-state index in [4.69, 9.17) is 0 Å². The molecule has 2 saturated carbocycles. The van der Waals surface area contributed by atoms with Crippen molar-refractivity contribution in [2.75, 3.05) is 0 Å². The summed E-state index contributed by atoms with van der Waals surface area (Å²) in [5.74, 6) is 1.09. The maximum absolute atomic E-state index is 11.1. The molecule has 3 nitrogen and oxygen atoms in total. The molecule has 0 aromatic heterocycles. The number of rotatable bonds is 1. The second kappa shape index (κ2) is 4.40. The van der Waals surface area contributed by atoms with Gasteiger partial charge in [0.2, 0.25) is 6.04 Å². The monoisotopic (exact) mass is 275 g/mol. The minimum absolute atomic E-state index is 0.0213. The van der Waals surface area contributed by atoms with Crippen LogP contribution in [0.15, 0.2) is 0 Å². The molecule has 0 heterocycles. The fourth-order valence-electron chi connectivity index (χ4n) is 3.52. The van der Waals surface area contributed by atoms with E-state index in [1.807, 2.05) is 6.92 Å². The maximum atomic E-state index is 11.1. The summed E-state index contributed by atoms with van der Waals surface area (Å²) in [5, 5.41) is 11.1. The van der Waals surface area contributed by atoms with Crippen molar-refractivity contribution in [1.29, 1.82) is 0 Å². The number of nitrogens with zero attached hydrogens (tertiary/aromatic N) is 1. The van der Waals surface area contributed by atoms with Crippen molar-refractivity contribution in [2.24, 2.45) is 17.8 Å². The van der Waals surface area contributed by atoms with Crippen LogP contribution in [0.4, 0.5) is 0 Å². The van der Waals surface area contributed by atoms with Crippen molar-refractivity contribution < 1.29 is 4.92 Å². The van der Waals surface area contributed by atoms with E-state index in [0.29, 0.717) is 16.7 Å². The SMILES string of the molecule is CC1CC(Br)C2CCCCC2C1[N+](=O)[O-]. The Hall–Kier alpha value is -0.120. The summed E-state index contributed by atoms with van der Waals surface area (Å²) >= 11 is 3.72. The quantitative estimate of drug-likeness (QED) is 0.419. The molecule has 2 aliphatic rings. The molecular formula is C11H18BrNO2. The Kier molecular flexibility index (Phi) is 3.33. The number of hydrogen-bond donors (Lipinski definition) is 0. The molecule has 0 aromatic rings. The molecule has 0 aliphatic heterocycles. The summed E-state index contributed by atoms with van der Waals surface area (Å²) in [5.41, 5.74) is 0. The van der Waals surface area contributed by atoms with Gasteiger partial charge < -0.3 is 0 Å². The van der Waals surface area contributed by atoms with Crippen molar-refractivity contribution in [1.82, 2.24) is 0 Å². The molecule has 5 unspecified atom stereocenters. The van der Waals surface area contributed by atoms with Crippen LogP contribution in [0.2, 0.25) is 0 Å². The number of fused-ring (bicyclic) bond motifs is 1. The van der Waals surface area contributed by atoms with Gasteiger partial charge in [-0.25, -0.2) is 0 Å². The van der Waals surface area contributed by atoms with Gasteiger partial charge in [0.25, 0.3) is 0 Å². The molecule has 0 radical (unpaired) electrons. The molecule has 0 bridgehead atoms. The van der Waals surface area contributed by atoms with Crippen molar-refractivity contribution >= 4 is 15.9 Å². The lowest BCUT2D eigenvalue weighted by Gasteiger charge is -2.42. The lowest BCUT2D eigenvalue weighted by molar-refractivity contribution is -0.547. The second-order valence-electron chi connectivity index (χ2n) is 5.12. The normalized spacial score (nSPS) is 45.9. The Labute approximate surface area is 98.9 Å². The zero-order chi connectivity index (χ0) is 11.0. The standard InChI is InChI=1S/C11H18BrNO2/c1-7-6-10(12)8-4-2-3-5-9(8)11(7)13(14)15/h7-11H,2-6H2,1H3. The molecule has 4 heteroatoms. The first-order chi connectivity index (χ1) is 7.11. The highest BCUT2D eigenvalue weighted by Gasteiger charge is 2.48. The van der Waals surface area contributed by atoms with Gasteiger partial charge >= 0.3 is 0 Å². The van der Waals surface area contributed by atoms with E-state index in [-0.39, 0.29) is 16.9 Å². The Bertz CT molecular complexity index is 259. The molecule has 0 amide bonds. The Morgan fingerprint density at radius 3 is 2.47 bits per heavy atom.